The van der Waals surface area contributed by atoms with Crippen LogP contribution in [0.2, 0.25) is 0 Å². The molecule has 0 aromatic heterocycles. The van der Waals surface area contributed by atoms with E-state index in [2.05, 4.69) is 36.6 Å². The van der Waals surface area contributed by atoms with Crippen molar-refractivity contribution < 1.29 is 14.3 Å². The van der Waals surface area contributed by atoms with Crippen LogP contribution in [0, 0.1) is 17.3 Å². The average Bonchev–Trinajstić information content (AvgIpc) is 2.95. The summed E-state index contributed by atoms with van der Waals surface area (Å²) in [4.78, 5) is 26.1. The largest absolute Gasteiger partial charge is 0.461 e. The molecule has 1 spiro atoms. The molecule has 0 amide bonds. The second-order valence-electron chi connectivity index (χ2n) is 7.71. The number of allylic oxidation sites excluding steroid dienone is 4. The zero-order valence-corrected chi connectivity index (χ0v) is 17.2. The Morgan fingerprint density at radius 1 is 1.29 bits per heavy atom. The molecule has 2 N–H and O–H groups in total. The predicted molar refractivity (Wildman–Crippen MR) is 110 cm³/mol. The van der Waals surface area contributed by atoms with E-state index in [0.717, 1.165) is 37.0 Å². The molecular formula is C23H32N2O3. The SMILES string of the molecule is CCCCC(CC)C(=O)C1CNC2=CC=CC3=CCNC(C(=O)OCC)=CC321. The van der Waals surface area contributed by atoms with E-state index in [-0.39, 0.29) is 17.8 Å². The van der Waals surface area contributed by atoms with Gasteiger partial charge in [-0.2, -0.15) is 0 Å². The third kappa shape index (κ3) is 3.54. The highest BCUT2D eigenvalue weighted by Gasteiger charge is 2.53. The molecule has 0 aromatic rings. The molecule has 5 nitrogen and oxygen atoms in total. The van der Waals surface area contributed by atoms with Gasteiger partial charge in [-0.3, -0.25) is 4.79 Å². The topological polar surface area (TPSA) is 67.4 Å². The lowest BCUT2D eigenvalue weighted by Gasteiger charge is -2.36. The summed E-state index contributed by atoms with van der Waals surface area (Å²) >= 11 is 0. The molecule has 2 heterocycles. The van der Waals surface area contributed by atoms with Crippen LogP contribution < -0.4 is 10.6 Å². The Balaban J connectivity index is 2.03. The van der Waals surface area contributed by atoms with E-state index in [0.29, 0.717) is 31.2 Å². The Hall–Kier alpha value is -2.30. The first-order valence-corrected chi connectivity index (χ1v) is 10.6. The van der Waals surface area contributed by atoms with Crippen molar-refractivity contribution in [3.05, 3.63) is 47.3 Å². The lowest BCUT2D eigenvalue weighted by Crippen LogP contribution is -2.38. The highest BCUT2D eigenvalue weighted by atomic mass is 16.5. The number of unbranched alkanes of at least 4 members (excludes halogenated alkanes) is 1. The van der Waals surface area contributed by atoms with E-state index in [4.69, 9.17) is 4.74 Å². The van der Waals surface area contributed by atoms with Crippen molar-refractivity contribution >= 4 is 11.8 Å². The molecule has 3 aliphatic rings. The number of nitrogens with one attached hydrogen (secondary N) is 2. The number of Topliss-reactive ketones (excluding diaryl/α,β-unsaturated/α-hetero) is 1. The van der Waals surface area contributed by atoms with E-state index in [1.807, 2.05) is 18.2 Å². The Labute approximate surface area is 168 Å². The normalized spacial score (nSPS) is 26.4. The summed E-state index contributed by atoms with van der Waals surface area (Å²) in [5.41, 5.74) is 1.90. The van der Waals surface area contributed by atoms with E-state index in [1.165, 1.54) is 0 Å². The predicted octanol–water partition coefficient (Wildman–Crippen LogP) is 3.41. The number of rotatable bonds is 8. The van der Waals surface area contributed by atoms with Crippen molar-refractivity contribution in [1.29, 1.82) is 0 Å². The van der Waals surface area contributed by atoms with E-state index in [9.17, 15) is 9.59 Å². The highest BCUT2D eigenvalue weighted by Crippen LogP contribution is 2.51. The summed E-state index contributed by atoms with van der Waals surface area (Å²) < 4.78 is 5.24. The van der Waals surface area contributed by atoms with Crippen molar-refractivity contribution in [1.82, 2.24) is 10.6 Å². The number of ether oxygens (including phenoxy) is 1. The van der Waals surface area contributed by atoms with Gasteiger partial charge in [0, 0.05) is 24.7 Å². The second-order valence-corrected chi connectivity index (χ2v) is 7.71. The fourth-order valence-corrected chi connectivity index (χ4v) is 4.64. The van der Waals surface area contributed by atoms with Crippen molar-refractivity contribution in [3.63, 3.8) is 0 Å². The minimum atomic E-state index is -0.614. The van der Waals surface area contributed by atoms with Crippen LogP contribution in [0.3, 0.4) is 0 Å². The van der Waals surface area contributed by atoms with Gasteiger partial charge in [0.15, 0.2) is 0 Å². The second kappa shape index (κ2) is 8.80. The van der Waals surface area contributed by atoms with Crippen LogP contribution in [0.1, 0.15) is 46.5 Å². The third-order valence-corrected chi connectivity index (χ3v) is 6.13. The molecule has 152 valence electrons. The number of hydrogen-bond acceptors (Lipinski definition) is 5. The van der Waals surface area contributed by atoms with E-state index < -0.39 is 5.41 Å². The summed E-state index contributed by atoms with van der Waals surface area (Å²) in [6, 6.07) is 0. The quantitative estimate of drug-likeness (QED) is 0.628. The maximum atomic E-state index is 13.6. The summed E-state index contributed by atoms with van der Waals surface area (Å²) in [5.74, 6) is -0.227. The molecule has 3 atom stereocenters. The summed E-state index contributed by atoms with van der Waals surface area (Å²) in [6.45, 7) is 7.51. The van der Waals surface area contributed by atoms with Gasteiger partial charge in [0.1, 0.15) is 11.5 Å². The standard InChI is InChI=1S/C23H32N2O3/c1-4-7-9-16(5-2)21(26)18-15-25-20-11-8-10-17-12-13-24-19(14-23(17,18)20)22(27)28-6-3/h8,10-12,14,16,18,24-25H,4-7,9,13,15H2,1-3H3. The monoisotopic (exact) mass is 384 g/mol. The van der Waals surface area contributed by atoms with Gasteiger partial charge in [0.2, 0.25) is 0 Å². The van der Waals surface area contributed by atoms with Gasteiger partial charge in [0.25, 0.3) is 0 Å². The first kappa shape index (κ1) is 20.4. The van der Waals surface area contributed by atoms with Crippen molar-refractivity contribution in [2.75, 3.05) is 19.7 Å². The van der Waals surface area contributed by atoms with Crippen molar-refractivity contribution in [2.24, 2.45) is 17.3 Å². The Bertz CT molecular complexity index is 747. The fraction of sp³-hybridized carbons (Fsp3) is 0.565. The molecule has 0 radical (unpaired) electrons. The zero-order chi connectivity index (χ0) is 20.1. The minimum absolute atomic E-state index is 0.0586. The summed E-state index contributed by atoms with van der Waals surface area (Å²) in [5, 5.41) is 6.63. The molecule has 0 bridgehead atoms. The molecule has 0 aromatic carbocycles. The van der Waals surface area contributed by atoms with Gasteiger partial charge in [-0.15, -0.1) is 0 Å². The first-order valence-electron chi connectivity index (χ1n) is 10.6. The van der Waals surface area contributed by atoms with E-state index in [1.54, 1.807) is 6.92 Å². The van der Waals surface area contributed by atoms with Crippen LogP contribution in [-0.4, -0.2) is 31.4 Å². The first-order chi connectivity index (χ1) is 13.6. The lowest BCUT2D eigenvalue weighted by atomic mass is 9.64. The van der Waals surface area contributed by atoms with Crippen LogP contribution >= 0.6 is 0 Å². The average molecular weight is 385 g/mol. The molecular weight excluding hydrogens is 352 g/mol. The van der Waals surface area contributed by atoms with Gasteiger partial charge in [0.05, 0.1) is 17.9 Å². The molecule has 28 heavy (non-hydrogen) atoms. The molecule has 1 fully saturated rings. The smallest absolute Gasteiger partial charge is 0.354 e. The van der Waals surface area contributed by atoms with Crippen molar-refractivity contribution in [2.45, 2.75) is 46.5 Å². The van der Waals surface area contributed by atoms with Crippen LogP contribution in [0.4, 0.5) is 0 Å². The van der Waals surface area contributed by atoms with Crippen LogP contribution in [0.25, 0.3) is 0 Å². The fourth-order valence-electron chi connectivity index (χ4n) is 4.64. The molecule has 1 aliphatic carbocycles. The third-order valence-electron chi connectivity index (χ3n) is 6.13. The molecule has 2 aliphatic heterocycles. The highest BCUT2D eigenvalue weighted by molar-refractivity contribution is 5.91. The minimum Gasteiger partial charge on any atom is -0.461 e. The zero-order valence-electron chi connectivity index (χ0n) is 17.2. The maximum absolute atomic E-state index is 13.6. The van der Waals surface area contributed by atoms with Crippen LogP contribution in [0.5, 0.6) is 0 Å². The molecule has 3 rings (SSSR count). The Morgan fingerprint density at radius 3 is 2.82 bits per heavy atom. The number of esters is 1. The maximum Gasteiger partial charge on any atom is 0.354 e. The van der Waals surface area contributed by atoms with Crippen LogP contribution in [0.15, 0.2) is 47.3 Å². The summed E-state index contributed by atoms with van der Waals surface area (Å²) in [6.07, 6.45) is 14.1. The number of ketones is 1. The van der Waals surface area contributed by atoms with Gasteiger partial charge < -0.3 is 15.4 Å². The summed E-state index contributed by atoms with van der Waals surface area (Å²) in [7, 11) is 0. The van der Waals surface area contributed by atoms with Gasteiger partial charge in [-0.1, -0.05) is 44.9 Å². The molecule has 0 saturated carbocycles. The van der Waals surface area contributed by atoms with Gasteiger partial charge >= 0.3 is 5.97 Å². The van der Waals surface area contributed by atoms with Gasteiger partial charge in [-0.25, -0.2) is 4.79 Å². The lowest BCUT2D eigenvalue weighted by molar-refractivity contribution is -0.139. The molecule has 1 saturated heterocycles. The molecule has 5 heteroatoms. The van der Waals surface area contributed by atoms with Crippen LogP contribution in [-0.2, 0) is 14.3 Å². The van der Waals surface area contributed by atoms with E-state index >= 15 is 0 Å². The number of carbonyl (C=O) groups is 2. The van der Waals surface area contributed by atoms with Crippen molar-refractivity contribution in [3.8, 4) is 0 Å². The molecule has 3 unspecified atom stereocenters. The number of carbonyl (C=O) groups excluding carboxylic acids is 2. The van der Waals surface area contributed by atoms with Gasteiger partial charge in [-0.05, 0) is 37.5 Å². The number of hydrogen-bond donors (Lipinski definition) is 2. The Kier molecular flexibility index (Phi) is 6.42. The Morgan fingerprint density at radius 2 is 2.11 bits per heavy atom.